The summed E-state index contributed by atoms with van der Waals surface area (Å²) in [6.07, 6.45) is -0.549. The van der Waals surface area contributed by atoms with Crippen molar-refractivity contribution in [2.24, 2.45) is 4.99 Å². The van der Waals surface area contributed by atoms with Gasteiger partial charge in [0.15, 0.2) is 0 Å². The lowest BCUT2D eigenvalue weighted by Crippen LogP contribution is -2.17. The van der Waals surface area contributed by atoms with Crippen molar-refractivity contribution < 1.29 is 9.53 Å². The van der Waals surface area contributed by atoms with Gasteiger partial charge in [0.1, 0.15) is 6.10 Å². The number of nitrogens with one attached hydrogen (secondary N) is 1. The molecule has 1 fully saturated rings. The number of carbonyl (C=O) groups excluding carboxylic acids is 1. The van der Waals surface area contributed by atoms with E-state index < -0.39 is 0 Å². The zero-order valence-corrected chi connectivity index (χ0v) is 5.98. The Morgan fingerprint density at radius 1 is 2.00 bits per heavy atom. The van der Waals surface area contributed by atoms with Crippen LogP contribution in [0.1, 0.15) is 0 Å². The number of hydrogen-bond acceptors (Lipinski definition) is 4. The lowest BCUT2D eigenvalue weighted by Gasteiger charge is -1.99. The van der Waals surface area contributed by atoms with Crippen LogP contribution in [0.3, 0.4) is 0 Å². The molecule has 0 aromatic heterocycles. The highest BCUT2D eigenvalue weighted by molar-refractivity contribution is 7.78. The quantitative estimate of drug-likeness (QED) is 0.461. The van der Waals surface area contributed by atoms with Gasteiger partial charge in [0, 0.05) is 0 Å². The van der Waals surface area contributed by atoms with E-state index in [9.17, 15) is 4.79 Å². The number of alkyl carbamates (subject to hydrolysis) is 1. The second-order valence-corrected chi connectivity index (χ2v) is 2.02. The molecule has 1 atom stereocenters. The number of thiocarbonyl (C=S) groups is 1. The van der Waals surface area contributed by atoms with Gasteiger partial charge in [-0.25, -0.2) is 9.79 Å². The van der Waals surface area contributed by atoms with E-state index in [2.05, 4.69) is 27.7 Å². The molecule has 0 unspecified atom stereocenters. The van der Waals surface area contributed by atoms with Gasteiger partial charge >= 0.3 is 6.09 Å². The third kappa shape index (κ3) is 1.79. The Morgan fingerprint density at radius 3 is 3.30 bits per heavy atom. The summed E-state index contributed by atoms with van der Waals surface area (Å²) in [5, 5.41) is 4.69. The van der Waals surface area contributed by atoms with Crippen molar-refractivity contribution in [3.63, 3.8) is 0 Å². The van der Waals surface area contributed by atoms with E-state index in [4.69, 9.17) is 4.74 Å². The summed E-state index contributed by atoms with van der Waals surface area (Å²) in [5.74, 6) is 0. The van der Waals surface area contributed by atoms with Crippen molar-refractivity contribution in [1.82, 2.24) is 5.32 Å². The van der Waals surface area contributed by atoms with Crippen molar-refractivity contribution in [2.45, 2.75) is 6.10 Å². The van der Waals surface area contributed by atoms with Gasteiger partial charge in [-0.3, -0.25) is 0 Å². The molecular formula is C5H6N2O2S. The highest BCUT2D eigenvalue weighted by Crippen LogP contribution is 1.98. The fraction of sp³-hybridized carbons (Fsp3) is 0.600. The minimum absolute atomic E-state index is 0.164. The molecule has 1 heterocycles. The Balaban J connectivity index is 2.31. The number of rotatable bonds is 2. The summed E-state index contributed by atoms with van der Waals surface area (Å²) in [7, 11) is 0. The second kappa shape index (κ2) is 3.29. The number of nitrogens with zero attached hydrogens (tertiary/aromatic N) is 1. The van der Waals surface area contributed by atoms with Crippen LogP contribution in [0.4, 0.5) is 4.79 Å². The lowest BCUT2D eigenvalue weighted by atomic mass is 10.4. The Labute approximate surface area is 63.3 Å². The van der Waals surface area contributed by atoms with Crippen LogP contribution in [0.5, 0.6) is 0 Å². The summed E-state index contributed by atoms with van der Waals surface area (Å²) in [5.41, 5.74) is 0. The molecule has 0 aliphatic carbocycles. The molecule has 1 N–H and O–H groups in total. The highest BCUT2D eigenvalue weighted by atomic mass is 32.1. The molecule has 54 valence electrons. The van der Waals surface area contributed by atoms with Crippen molar-refractivity contribution >= 4 is 23.5 Å². The highest BCUT2D eigenvalue weighted by Gasteiger charge is 2.21. The maximum absolute atomic E-state index is 10.4. The van der Waals surface area contributed by atoms with Crippen LogP contribution in [-0.2, 0) is 4.74 Å². The minimum Gasteiger partial charge on any atom is -0.442 e. The maximum Gasteiger partial charge on any atom is 0.407 e. The Hall–Kier alpha value is -0.930. The van der Waals surface area contributed by atoms with Crippen molar-refractivity contribution in [3.8, 4) is 0 Å². The number of carbonyl (C=O) groups is 1. The van der Waals surface area contributed by atoms with Crippen LogP contribution >= 0.6 is 12.2 Å². The van der Waals surface area contributed by atoms with Crippen molar-refractivity contribution in [1.29, 1.82) is 0 Å². The normalized spacial score (nSPS) is 22.8. The first-order chi connectivity index (χ1) is 4.83. The van der Waals surface area contributed by atoms with Crippen LogP contribution < -0.4 is 5.32 Å². The fourth-order valence-electron chi connectivity index (χ4n) is 0.673. The summed E-state index contributed by atoms with van der Waals surface area (Å²) in [6, 6.07) is 0. The van der Waals surface area contributed by atoms with Gasteiger partial charge in [-0.2, -0.15) is 0 Å². The molecule has 1 rings (SSSR count). The van der Waals surface area contributed by atoms with Gasteiger partial charge in [0.2, 0.25) is 0 Å². The van der Waals surface area contributed by atoms with Gasteiger partial charge in [-0.1, -0.05) is 0 Å². The zero-order chi connectivity index (χ0) is 7.40. The van der Waals surface area contributed by atoms with E-state index in [1.807, 2.05) is 0 Å². The standard InChI is InChI=1S/C5H6N2O2S/c8-5-7-2-4(9-5)1-6-3-10/h4H,1-2H2,(H,7,8)/t4-/m0/s1. The van der Waals surface area contributed by atoms with Crippen LogP contribution in [0.2, 0.25) is 0 Å². The van der Waals surface area contributed by atoms with Crippen LogP contribution in [0.25, 0.3) is 0 Å². The summed E-state index contributed by atoms with van der Waals surface area (Å²) in [4.78, 5) is 14.0. The van der Waals surface area contributed by atoms with E-state index in [1.54, 1.807) is 0 Å². The van der Waals surface area contributed by atoms with Gasteiger partial charge in [-0.15, -0.1) is 0 Å². The molecule has 0 saturated carbocycles. The van der Waals surface area contributed by atoms with Gasteiger partial charge in [-0.05, 0) is 12.2 Å². The van der Waals surface area contributed by atoms with Crippen molar-refractivity contribution in [2.75, 3.05) is 13.1 Å². The number of hydrogen-bond donors (Lipinski definition) is 1. The van der Waals surface area contributed by atoms with E-state index in [0.717, 1.165) is 0 Å². The molecule has 0 radical (unpaired) electrons. The Bertz CT molecular complexity index is 188. The molecule has 1 saturated heterocycles. The molecule has 0 aromatic carbocycles. The smallest absolute Gasteiger partial charge is 0.407 e. The molecule has 4 nitrogen and oxygen atoms in total. The molecule has 0 aromatic rings. The number of isothiocyanates is 1. The van der Waals surface area contributed by atoms with E-state index in [1.165, 1.54) is 0 Å². The van der Waals surface area contributed by atoms with Crippen LogP contribution in [-0.4, -0.2) is 30.4 Å². The van der Waals surface area contributed by atoms with E-state index >= 15 is 0 Å². The molecule has 1 amide bonds. The SMILES string of the molecule is O=C1NC[C@H](CN=C=S)O1. The zero-order valence-electron chi connectivity index (χ0n) is 5.16. The van der Waals surface area contributed by atoms with Gasteiger partial charge < -0.3 is 10.1 Å². The van der Waals surface area contributed by atoms with E-state index in [-0.39, 0.29) is 12.2 Å². The molecule has 1 aliphatic heterocycles. The predicted molar refractivity (Wildman–Crippen MR) is 38.2 cm³/mol. The first-order valence-corrected chi connectivity index (χ1v) is 3.22. The van der Waals surface area contributed by atoms with Crippen LogP contribution in [0, 0.1) is 0 Å². The second-order valence-electron chi connectivity index (χ2n) is 1.84. The molecule has 1 aliphatic rings. The first kappa shape index (κ1) is 7.18. The van der Waals surface area contributed by atoms with Gasteiger partial charge in [0.25, 0.3) is 0 Å². The molecule has 5 heteroatoms. The fourth-order valence-corrected chi connectivity index (χ4v) is 0.747. The predicted octanol–water partition coefficient (Wildman–Crippen LogP) is 0.198. The maximum atomic E-state index is 10.4. The third-order valence-electron chi connectivity index (χ3n) is 1.11. The topological polar surface area (TPSA) is 50.7 Å². The largest absolute Gasteiger partial charge is 0.442 e. The molecule has 10 heavy (non-hydrogen) atoms. The molecule has 0 bridgehead atoms. The summed E-state index contributed by atoms with van der Waals surface area (Å²) >= 11 is 4.34. The summed E-state index contributed by atoms with van der Waals surface area (Å²) < 4.78 is 4.73. The monoisotopic (exact) mass is 158 g/mol. The number of aliphatic imine (C=N–C) groups is 1. The number of ether oxygens (including phenoxy) is 1. The summed E-state index contributed by atoms with van der Waals surface area (Å²) in [6.45, 7) is 0.918. The molecular weight excluding hydrogens is 152 g/mol. The van der Waals surface area contributed by atoms with E-state index in [0.29, 0.717) is 13.1 Å². The first-order valence-electron chi connectivity index (χ1n) is 2.81. The van der Waals surface area contributed by atoms with Crippen LogP contribution in [0.15, 0.2) is 4.99 Å². The Morgan fingerprint density at radius 2 is 2.80 bits per heavy atom. The Kier molecular flexibility index (Phi) is 2.36. The lowest BCUT2D eigenvalue weighted by molar-refractivity contribution is 0.144. The average molecular weight is 158 g/mol. The average Bonchev–Trinajstić information content (AvgIpc) is 2.31. The third-order valence-corrected chi connectivity index (χ3v) is 1.24. The number of amides is 1. The minimum atomic E-state index is -0.385. The number of cyclic esters (lactones) is 1. The molecule has 0 spiro atoms. The van der Waals surface area contributed by atoms with Crippen molar-refractivity contribution in [3.05, 3.63) is 0 Å². The van der Waals surface area contributed by atoms with Gasteiger partial charge in [0.05, 0.1) is 18.3 Å².